The van der Waals surface area contributed by atoms with Crippen molar-refractivity contribution in [3.63, 3.8) is 0 Å². The summed E-state index contributed by atoms with van der Waals surface area (Å²) < 4.78 is 37.2. The van der Waals surface area contributed by atoms with Crippen molar-refractivity contribution >= 4 is 38.9 Å². The molecule has 0 fully saturated rings. The molecule has 0 unspecified atom stereocenters. The van der Waals surface area contributed by atoms with Gasteiger partial charge in [-0.3, -0.25) is 14.5 Å². The summed E-state index contributed by atoms with van der Waals surface area (Å²) >= 11 is 0. The molecule has 0 bridgehead atoms. The van der Waals surface area contributed by atoms with Gasteiger partial charge < -0.3 is 20.1 Å². The van der Waals surface area contributed by atoms with E-state index in [9.17, 15) is 28.0 Å². The van der Waals surface area contributed by atoms with Gasteiger partial charge in [-0.05, 0) is 18.2 Å². The molecule has 0 aliphatic carbocycles. The molecule has 0 radical (unpaired) electrons. The summed E-state index contributed by atoms with van der Waals surface area (Å²) in [7, 11) is -4.56. The smallest absolute Gasteiger partial charge is 0.341 e. The van der Waals surface area contributed by atoms with Crippen LogP contribution in [-0.2, 0) is 14.9 Å². The molecule has 4 N–H and O–H groups in total. The first-order chi connectivity index (χ1) is 13.6. The summed E-state index contributed by atoms with van der Waals surface area (Å²) in [5, 5.41) is 29.0. The fourth-order valence-electron chi connectivity index (χ4n) is 2.47. The van der Waals surface area contributed by atoms with Crippen LogP contribution in [-0.4, -0.2) is 52.1 Å². The number of aromatic hydroxyl groups is 2. The zero-order valence-electron chi connectivity index (χ0n) is 14.6. The van der Waals surface area contributed by atoms with Crippen molar-refractivity contribution in [3.05, 3.63) is 48.2 Å². The van der Waals surface area contributed by atoms with Crippen LogP contribution in [0, 0.1) is 0 Å². The highest BCUT2D eigenvalue weighted by molar-refractivity contribution is 7.85. The minimum Gasteiger partial charge on any atom is -0.508 e. The fraction of sp³-hybridized carbons (Fsp3) is 0.0556. The second-order valence-corrected chi connectivity index (χ2v) is 7.23. The number of hydrogen-bond acceptors (Lipinski definition) is 8. The molecular formula is C18H14N2O8S. The zero-order valence-corrected chi connectivity index (χ0v) is 15.4. The standard InChI is InChI=1S/C18H14N2O8S/c21-11-3-1-2-10(4-11)19-8-14-13-5-12(29(25,26)27)7-20-15(13)6-16(18(14)24)28-9-17(22)23/h1-8,21,24H,9H2,(H,22,23)(H,25,26,27). The van der Waals surface area contributed by atoms with E-state index in [4.69, 9.17) is 9.84 Å². The van der Waals surface area contributed by atoms with Crippen molar-refractivity contribution in [1.29, 1.82) is 0 Å². The number of pyridine rings is 1. The summed E-state index contributed by atoms with van der Waals surface area (Å²) in [4.78, 5) is 18.3. The maximum absolute atomic E-state index is 11.4. The largest absolute Gasteiger partial charge is 0.508 e. The highest BCUT2D eigenvalue weighted by atomic mass is 32.2. The Bertz CT molecular complexity index is 1240. The normalized spacial score (nSPS) is 11.8. The van der Waals surface area contributed by atoms with E-state index in [1.807, 2.05) is 0 Å². The highest BCUT2D eigenvalue weighted by Crippen LogP contribution is 2.36. The number of phenolic OH excluding ortho intramolecular Hbond substituents is 2. The second-order valence-electron chi connectivity index (χ2n) is 5.81. The van der Waals surface area contributed by atoms with E-state index in [1.165, 1.54) is 24.4 Å². The average molecular weight is 418 g/mol. The molecule has 29 heavy (non-hydrogen) atoms. The lowest BCUT2D eigenvalue weighted by molar-refractivity contribution is -0.139. The molecule has 10 nitrogen and oxygen atoms in total. The van der Waals surface area contributed by atoms with E-state index in [2.05, 4.69) is 9.98 Å². The quantitative estimate of drug-likeness (QED) is 0.346. The third-order valence-corrected chi connectivity index (χ3v) is 4.58. The summed E-state index contributed by atoms with van der Waals surface area (Å²) in [6.45, 7) is -0.731. The molecule has 11 heteroatoms. The Balaban J connectivity index is 2.21. The van der Waals surface area contributed by atoms with E-state index < -0.39 is 33.3 Å². The number of nitrogens with zero attached hydrogens (tertiary/aromatic N) is 2. The summed E-state index contributed by atoms with van der Waals surface area (Å²) in [6.07, 6.45) is 2.08. The number of ether oxygens (including phenoxy) is 1. The number of aromatic nitrogens is 1. The Morgan fingerprint density at radius 3 is 2.62 bits per heavy atom. The van der Waals surface area contributed by atoms with Gasteiger partial charge in [-0.15, -0.1) is 0 Å². The molecule has 150 valence electrons. The van der Waals surface area contributed by atoms with Gasteiger partial charge >= 0.3 is 5.97 Å². The minimum atomic E-state index is -4.56. The highest BCUT2D eigenvalue weighted by Gasteiger charge is 2.18. The number of carboxylic acid groups (broad SMARTS) is 1. The van der Waals surface area contributed by atoms with Gasteiger partial charge in [-0.1, -0.05) is 6.07 Å². The molecule has 0 aliphatic rings. The maximum atomic E-state index is 11.4. The molecule has 0 atom stereocenters. The van der Waals surface area contributed by atoms with Gasteiger partial charge in [0.05, 0.1) is 11.2 Å². The number of rotatable bonds is 6. The van der Waals surface area contributed by atoms with E-state index in [1.54, 1.807) is 12.1 Å². The topological polar surface area (TPSA) is 167 Å². The van der Waals surface area contributed by atoms with Gasteiger partial charge in [0.2, 0.25) is 0 Å². The van der Waals surface area contributed by atoms with Crippen LogP contribution in [0.5, 0.6) is 17.2 Å². The Kier molecular flexibility index (Phi) is 5.35. The lowest BCUT2D eigenvalue weighted by Crippen LogP contribution is -2.10. The van der Waals surface area contributed by atoms with Crippen molar-refractivity contribution in [1.82, 2.24) is 4.98 Å². The van der Waals surface area contributed by atoms with Crippen molar-refractivity contribution < 1.29 is 37.8 Å². The number of aliphatic imine (C=N–C) groups is 1. The van der Waals surface area contributed by atoms with Crippen molar-refractivity contribution in [3.8, 4) is 17.2 Å². The van der Waals surface area contributed by atoms with Crippen LogP contribution in [0.4, 0.5) is 5.69 Å². The Hall–Kier alpha value is -3.70. The SMILES string of the molecule is O=C(O)COc1cc2ncc(S(=O)(=O)O)cc2c(C=Nc2cccc(O)c2)c1O. The number of hydrogen-bond donors (Lipinski definition) is 4. The van der Waals surface area contributed by atoms with E-state index in [0.717, 1.165) is 12.3 Å². The van der Waals surface area contributed by atoms with Crippen molar-refractivity contribution in [2.45, 2.75) is 4.90 Å². The number of carboxylic acids is 1. The first kappa shape index (κ1) is 20.0. The molecule has 3 aromatic rings. The Labute approximate surface area is 164 Å². The summed E-state index contributed by atoms with van der Waals surface area (Å²) in [6, 6.07) is 8.22. The van der Waals surface area contributed by atoms with Crippen LogP contribution in [0.3, 0.4) is 0 Å². The molecule has 0 saturated carbocycles. The van der Waals surface area contributed by atoms with Gasteiger partial charge in [0.1, 0.15) is 10.6 Å². The monoisotopic (exact) mass is 418 g/mol. The minimum absolute atomic E-state index is 0.0239. The lowest BCUT2D eigenvalue weighted by Gasteiger charge is -2.11. The second kappa shape index (κ2) is 7.73. The van der Waals surface area contributed by atoms with Gasteiger partial charge in [-0.2, -0.15) is 8.42 Å². The van der Waals surface area contributed by atoms with Gasteiger partial charge in [0.25, 0.3) is 10.1 Å². The lowest BCUT2D eigenvalue weighted by atomic mass is 10.1. The predicted molar refractivity (Wildman–Crippen MR) is 102 cm³/mol. The maximum Gasteiger partial charge on any atom is 0.341 e. The molecule has 0 saturated heterocycles. The molecule has 2 aromatic carbocycles. The molecule has 3 rings (SSSR count). The van der Waals surface area contributed by atoms with Gasteiger partial charge in [0, 0.05) is 35.5 Å². The van der Waals surface area contributed by atoms with Gasteiger partial charge in [-0.25, -0.2) is 4.79 Å². The first-order valence-corrected chi connectivity index (χ1v) is 9.40. The third-order valence-electron chi connectivity index (χ3n) is 3.76. The Morgan fingerprint density at radius 2 is 1.97 bits per heavy atom. The van der Waals surface area contributed by atoms with E-state index >= 15 is 0 Å². The molecule has 0 spiro atoms. The number of fused-ring (bicyclic) bond motifs is 1. The van der Waals surface area contributed by atoms with Crippen molar-refractivity contribution in [2.75, 3.05) is 6.61 Å². The van der Waals surface area contributed by atoms with Crippen LogP contribution in [0.25, 0.3) is 10.9 Å². The molecule has 1 aromatic heterocycles. The van der Waals surface area contributed by atoms with Crippen LogP contribution >= 0.6 is 0 Å². The van der Waals surface area contributed by atoms with Crippen molar-refractivity contribution in [2.24, 2.45) is 4.99 Å². The first-order valence-electron chi connectivity index (χ1n) is 7.96. The zero-order chi connectivity index (χ0) is 21.2. The summed E-state index contributed by atoms with van der Waals surface area (Å²) in [5.74, 6) is -2.02. The Morgan fingerprint density at radius 1 is 1.21 bits per heavy atom. The number of phenols is 2. The fourth-order valence-corrected chi connectivity index (χ4v) is 2.93. The average Bonchev–Trinajstić information content (AvgIpc) is 2.64. The van der Waals surface area contributed by atoms with Crippen LogP contribution in [0.2, 0.25) is 0 Å². The summed E-state index contributed by atoms with van der Waals surface area (Å²) in [5.41, 5.74) is 0.463. The van der Waals surface area contributed by atoms with Gasteiger partial charge in [0.15, 0.2) is 18.1 Å². The number of benzene rings is 2. The number of aliphatic carboxylic acids is 1. The molecule has 0 amide bonds. The van der Waals surface area contributed by atoms with E-state index in [0.29, 0.717) is 5.69 Å². The van der Waals surface area contributed by atoms with Crippen LogP contribution < -0.4 is 4.74 Å². The predicted octanol–water partition coefficient (Wildman–Crippen LogP) is 2.11. The molecule has 1 heterocycles. The number of carbonyl (C=O) groups is 1. The van der Waals surface area contributed by atoms with Crippen LogP contribution in [0.1, 0.15) is 5.56 Å². The third kappa shape index (κ3) is 4.59. The van der Waals surface area contributed by atoms with E-state index in [-0.39, 0.29) is 28.0 Å². The van der Waals surface area contributed by atoms with Crippen LogP contribution in [0.15, 0.2) is 52.5 Å². The molecule has 0 aliphatic heterocycles. The molecular weight excluding hydrogens is 404 g/mol.